The molecule has 158 valence electrons. The summed E-state index contributed by atoms with van der Waals surface area (Å²) in [6.45, 7) is 3.33. The van der Waals surface area contributed by atoms with Crippen molar-refractivity contribution in [3.63, 3.8) is 0 Å². The second-order valence-corrected chi connectivity index (χ2v) is 8.03. The van der Waals surface area contributed by atoms with Crippen molar-refractivity contribution in [1.82, 2.24) is 10.2 Å². The first-order chi connectivity index (χ1) is 14.6. The first-order valence-corrected chi connectivity index (χ1v) is 10.9. The summed E-state index contributed by atoms with van der Waals surface area (Å²) in [5.74, 6) is 0.279. The molecule has 2 aromatic carbocycles. The number of allylic oxidation sites excluding steroid dienone is 1. The van der Waals surface area contributed by atoms with E-state index in [1.54, 1.807) is 6.08 Å². The van der Waals surface area contributed by atoms with Gasteiger partial charge in [0.05, 0.1) is 6.04 Å². The lowest BCUT2D eigenvalue weighted by Gasteiger charge is -2.18. The first kappa shape index (κ1) is 22.0. The van der Waals surface area contributed by atoms with E-state index in [0.717, 1.165) is 19.3 Å². The van der Waals surface area contributed by atoms with E-state index in [4.69, 9.17) is 0 Å². The number of fused-ring (bicyclic) bond motifs is 1. The predicted molar refractivity (Wildman–Crippen MR) is 121 cm³/mol. The van der Waals surface area contributed by atoms with Crippen LogP contribution in [0.5, 0.6) is 0 Å². The van der Waals surface area contributed by atoms with Crippen molar-refractivity contribution in [3.8, 4) is 0 Å². The molecule has 0 radical (unpaired) electrons. The molecule has 2 aromatic rings. The van der Waals surface area contributed by atoms with E-state index < -0.39 is 0 Å². The third kappa shape index (κ3) is 5.90. The molecule has 0 bridgehead atoms. The summed E-state index contributed by atoms with van der Waals surface area (Å²) in [5.41, 5.74) is 3.69. The monoisotopic (exact) mass is 404 g/mol. The molecule has 2 atom stereocenters. The van der Waals surface area contributed by atoms with Crippen LogP contribution in [0.1, 0.15) is 42.9 Å². The zero-order valence-corrected chi connectivity index (χ0v) is 18.0. The Morgan fingerprint density at radius 3 is 2.27 bits per heavy atom. The third-order valence-corrected chi connectivity index (χ3v) is 5.92. The quantitative estimate of drug-likeness (QED) is 0.601. The Balaban J connectivity index is 1.64. The number of Topliss-reactive ketones (excluding diaryl/α,β-unsaturated/α-hetero) is 1. The fourth-order valence-electron chi connectivity index (χ4n) is 4.07. The number of ketones is 1. The van der Waals surface area contributed by atoms with Crippen molar-refractivity contribution in [3.05, 3.63) is 83.4 Å². The van der Waals surface area contributed by atoms with Crippen LogP contribution < -0.4 is 5.32 Å². The van der Waals surface area contributed by atoms with Crippen LogP contribution in [0.4, 0.5) is 0 Å². The van der Waals surface area contributed by atoms with Gasteiger partial charge in [0.1, 0.15) is 5.78 Å². The SMILES string of the molecule is CC[C@H](NC)C(=O)C[C@H](/C=C/C(=O)N1Cc2ccccc2C1)CCc1ccccc1. The average molecular weight is 405 g/mol. The highest BCUT2D eigenvalue weighted by atomic mass is 16.2. The molecular formula is C26H32N2O2. The van der Waals surface area contributed by atoms with Gasteiger partial charge in [0.15, 0.2) is 0 Å². The second kappa shape index (κ2) is 10.9. The molecule has 0 unspecified atom stereocenters. The molecule has 1 amide bonds. The molecule has 0 spiro atoms. The number of rotatable bonds is 10. The van der Waals surface area contributed by atoms with Gasteiger partial charge in [-0.05, 0) is 55.0 Å². The summed E-state index contributed by atoms with van der Waals surface area (Å²) in [5, 5.41) is 3.10. The smallest absolute Gasteiger partial charge is 0.246 e. The van der Waals surface area contributed by atoms with E-state index in [2.05, 4.69) is 29.6 Å². The highest BCUT2D eigenvalue weighted by Crippen LogP contribution is 2.23. The van der Waals surface area contributed by atoms with Crippen LogP contribution in [-0.4, -0.2) is 29.7 Å². The number of carbonyl (C=O) groups is 2. The summed E-state index contributed by atoms with van der Waals surface area (Å²) in [6.07, 6.45) is 6.60. The largest absolute Gasteiger partial charge is 0.330 e. The van der Waals surface area contributed by atoms with E-state index >= 15 is 0 Å². The Morgan fingerprint density at radius 1 is 1.03 bits per heavy atom. The van der Waals surface area contributed by atoms with Crippen LogP contribution in [0, 0.1) is 5.92 Å². The molecule has 0 aliphatic carbocycles. The van der Waals surface area contributed by atoms with Gasteiger partial charge in [-0.25, -0.2) is 0 Å². The number of likely N-dealkylation sites (N-methyl/N-ethyl adjacent to an activating group) is 1. The van der Waals surface area contributed by atoms with Crippen LogP contribution >= 0.6 is 0 Å². The van der Waals surface area contributed by atoms with E-state index in [0.29, 0.717) is 19.5 Å². The van der Waals surface area contributed by atoms with Crippen LogP contribution in [-0.2, 0) is 29.1 Å². The zero-order chi connectivity index (χ0) is 21.3. The van der Waals surface area contributed by atoms with Gasteiger partial charge >= 0.3 is 0 Å². The van der Waals surface area contributed by atoms with Gasteiger partial charge < -0.3 is 10.2 Å². The number of nitrogens with one attached hydrogen (secondary N) is 1. The van der Waals surface area contributed by atoms with Crippen LogP contribution in [0.3, 0.4) is 0 Å². The van der Waals surface area contributed by atoms with Gasteiger partial charge in [0, 0.05) is 19.5 Å². The maximum absolute atomic E-state index is 12.8. The topological polar surface area (TPSA) is 49.4 Å². The highest BCUT2D eigenvalue weighted by Gasteiger charge is 2.22. The van der Waals surface area contributed by atoms with Crippen molar-refractivity contribution in [1.29, 1.82) is 0 Å². The lowest BCUT2D eigenvalue weighted by atomic mass is 9.91. The maximum Gasteiger partial charge on any atom is 0.246 e. The normalized spacial score (nSPS) is 15.2. The van der Waals surface area contributed by atoms with Crippen LogP contribution in [0.15, 0.2) is 66.7 Å². The molecule has 0 saturated heterocycles. The Kier molecular flexibility index (Phi) is 7.97. The van der Waals surface area contributed by atoms with Gasteiger partial charge in [-0.1, -0.05) is 67.6 Å². The molecule has 3 rings (SSSR count). The molecule has 4 heteroatoms. The van der Waals surface area contributed by atoms with Crippen molar-refractivity contribution in [2.75, 3.05) is 7.05 Å². The molecular weight excluding hydrogens is 372 g/mol. The first-order valence-electron chi connectivity index (χ1n) is 10.9. The van der Waals surface area contributed by atoms with Crippen molar-refractivity contribution in [2.24, 2.45) is 5.92 Å². The van der Waals surface area contributed by atoms with Gasteiger partial charge in [0.25, 0.3) is 0 Å². The summed E-state index contributed by atoms with van der Waals surface area (Å²) in [4.78, 5) is 27.3. The Hall–Kier alpha value is -2.72. The second-order valence-electron chi connectivity index (χ2n) is 8.03. The Labute approximate surface area is 180 Å². The molecule has 0 fully saturated rings. The van der Waals surface area contributed by atoms with E-state index in [1.165, 1.54) is 16.7 Å². The number of hydrogen-bond acceptors (Lipinski definition) is 3. The fourth-order valence-corrected chi connectivity index (χ4v) is 4.07. The Bertz CT molecular complexity index is 847. The third-order valence-electron chi connectivity index (χ3n) is 5.92. The average Bonchev–Trinajstić information content (AvgIpc) is 3.21. The van der Waals surface area contributed by atoms with Gasteiger partial charge in [-0.2, -0.15) is 0 Å². The molecule has 4 nitrogen and oxygen atoms in total. The lowest BCUT2D eigenvalue weighted by molar-refractivity contribution is -0.126. The number of benzene rings is 2. The summed E-state index contributed by atoms with van der Waals surface area (Å²) >= 11 is 0. The predicted octanol–water partition coefficient (Wildman–Crippen LogP) is 4.29. The van der Waals surface area contributed by atoms with E-state index in [1.807, 2.05) is 55.3 Å². The standard InChI is InChI=1S/C26H32N2O2/c1-3-24(27-2)25(29)17-21(14-13-20-9-5-4-6-10-20)15-16-26(30)28-18-22-11-7-8-12-23(22)19-28/h4-12,15-16,21,24,27H,3,13-14,17-19H2,1-2H3/b16-15+/t21-,24-/m0/s1. The van der Waals surface area contributed by atoms with Gasteiger partial charge in [-0.15, -0.1) is 0 Å². The summed E-state index contributed by atoms with van der Waals surface area (Å²) in [6, 6.07) is 18.4. The molecule has 0 saturated carbocycles. The van der Waals surface area contributed by atoms with Crippen LogP contribution in [0.25, 0.3) is 0 Å². The number of nitrogens with zero attached hydrogens (tertiary/aromatic N) is 1. The number of carbonyl (C=O) groups excluding carboxylic acids is 2. The zero-order valence-electron chi connectivity index (χ0n) is 18.0. The lowest BCUT2D eigenvalue weighted by Crippen LogP contribution is -2.34. The van der Waals surface area contributed by atoms with Crippen molar-refractivity contribution >= 4 is 11.7 Å². The van der Waals surface area contributed by atoms with Gasteiger partial charge in [-0.3, -0.25) is 9.59 Å². The summed E-state index contributed by atoms with van der Waals surface area (Å²) < 4.78 is 0. The van der Waals surface area contributed by atoms with Crippen molar-refractivity contribution < 1.29 is 9.59 Å². The molecule has 1 heterocycles. The summed E-state index contributed by atoms with van der Waals surface area (Å²) in [7, 11) is 1.83. The highest BCUT2D eigenvalue weighted by molar-refractivity contribution is 5.88. The molecule has 1 aliphatic heterocycles. The minimum atomic E-state index is -0.124. The number of aryl methyl sites for hydroxylation is 1. The maximum atomic E-state index is 12.8. The minimum Gasteiger partial charge on any atom is -0.330 e. The van der Waals surface area contributed by atoms with Gasteiger partial charge in [0.2, 0.25) is 5.91 Å². The molecule has 1 N–H and O–H groups in total. The minimum absolute atomic E-state index is 0.0176. The molecule has 1 aliphatic rings. The van der Waals surface area contributed by atoms with E-state index in [-0.39, 0.29) is 23.7 Å². The molecule has 30 heavy (non-hydrogen) atoms. The Morgan fingerprint density at radius 2 is 1.67 bits per heavy atom. The fraction of sp³-hybridized carbons (Fsp3) is 0.385. The number of amides is 1. The molecule has 0 aromatic heterocycles. The van der Waals surface area contributed by atoms with Crippen molar-refractivity contribution in [2.45, 2.75) is 51.7 Å². The number of hydrogen-bond donors (Lipinski definition) is 1. The van der Waals surface area contributed by atoms with Crippen LogP contribution in [0.2, 0.25) is 0 Å². The van der Waals surface area contributed by atoms with E-state index in [9.17, 15) is 9.59 Å².